The number of hydrogen-bond donors (Lipinski definition) is 3. The second-order valence-corrected chi connectivity index (χ2v) is 5.98. The molecule has 4 aromatic rings. The third-order valence-corrected chi connectivity index (χ3v) is 4.22. The molecule has 119 valence electrons. The zero-order valence-corrected chi connectivity index (χ0v) is 16.3. The number of phenols is 1. The summed E-state index contributed by atoms with van der Waals surface area (Å²) in [6.45, 7) is 0. The predicted molar refractivity (Wildman–Crippen MR) is 103 cm³/mol. The van der Waals surface area contributed by atoms with Gasteiger partial charge in [0.25, 0.3) is 5.91 Å². The number of rotatable bonds is 2. The molecule has 0 bridgehead atoms. The Bertz CT molecular complexity index is 1070. The summed E-state index contributed by atoms with van der Waals surface area (Å²) >= 11 is 5.84. The number of aromatic nitrogens is 1. The minimum Gasteiger partial charge on any atom is -0.507 e. The molecule has 0 aliphatic heterocycles. The summed E-state index contributed by atoms with van der Waals surface area (Å²) < 4.78 is 0. The predicted octanol–water partition coefficient (Wildman–Crippen LogP) is 4.55. The Hall–Kier alpha value is -1.98. The number of para-hydroxylation sites is 1. The fourth-order valence-corrected chi connectivity index (χ4v) is 2.93. The van der Waals surface area contributed by atoms with Crippen LogP contribution < -0.4 is 5.32 Å². The van der Waals surface area contributed by atoms with Crippen LogP contribution in [0.2, 0.25) is 5.02 Å². The Morgan fingerprint density at radius 3 is 2.44 bits per heavy atom. The SMILES string of the molecule is O=C(Nc1ccc(Cl)cc1)c1cc2c(cc1O)[nH]c1ccccc12.[Na]. The van der Waals surface area contributed by atoms with Crippen molar-refractivity contribution in [3.63, 3.8) is 0 Å². The monoisotopic (exact) mass is 359 g/mol. The number of carbonyl (C=O) groups is 1. The van der Waals surface area contributed by atoms with Crippen molar-refractivity contribution in [3.05, 3.63) is 71.2 Å². The van der Waals surface area contributed by atoms with Gasteiger partial charge in [-0.1, -0.05) is 29.8 Å². The van der Waals surface area contributed by atoms with Crippen molar-refractivity contribution >= 4 is 74.6 Å². The maximum Gasteiger partial charge on any atom is 0.259 e. The first-order valence-corrected chi connectivity index (χ1v) is 7.80. The summed E-state index contributed by atoms with van der Waals surface area (Å²) in [6.07, 6.45) is 0. The quantitative estimate of drug-likeness (QED) is 0.460. The van der Waals surface area contributed by atoms with Gasteiger partial charge in [-0.3, -0.25) is 4.79 Å². The largest absolute Gasteiger partial charge is 0.507 e. The Morgan fingerprint density at radius 2 is 1.68 bits per heavy atom. The minimum atomic E-state index is -0.373. The molecule has 1 radical (unpaired) electrons. The number of aromatic amines is 1. The van der Waals surface area contributed by atoms with E-state index in [9.17, 15) is 9.90 Å². The van der Waals surface area contributed by atoms with Gasteiger partial charge >= 0.3 is 0 Å². The fourth-order valence-electron chi connectivity index (χ4n) is 2.80. The van der Waals surface area contributed by atoms with Crippen LogP contribution in [0.5, 0.6) is 5.75 Å². The number of halogens is 1. The van der Waals surface area contributed by atoms with Gasteiger partial charge in [0.2, 0.25) is 0 Å². The van der Waals surface area contributed by atoms with Crippen molar-refractivity contribution in [1.29, 1.82) is 0 Å². The van der Waals surface area contributed by atoms with E-state index in [1.165, 1.54) is 0 Å². The number of phenolic OH excluding ortho intramolecular Hbond substituents is 1. The summed E-state index contributed by atoms with van der Waals surface area (Å²) in [4.78, 5) is 15.7. The fraction of sp³-hybridized carbons (Fsp3) is 0. The maximum absolute atomic E-state index is 12.5. The molecule has 0 fully saturated rings. The third-order valence-electron chi connectivity index (χ3n) is 3.97. The molecule has 3 aromatic carbocycles. The van der Waals surface area contributed by atoms with Gasteiger partial charge in [0.15, 0.2) is 0 Å². The molecule has 4 rings (SSSR count). The van der Waals surface area contributed by atoms with Crippen molar-refractivity contribution in [2.24, 2.45) is 0 Å². The minimum absolute atomic E-state index is 0. The first-order chi connectivity index (χ1) is 11.6. The van der Waals surface area contributed by atoms with Crippen LogP contribution in [0.3, 0.4) is 0 Å². The number of hydrogen-bond acceptors (Lipinski definition) is 2. The van der Waals surface area contributed by atoms with Crippen molar-refractivity contribution in [2.75, 3.05) is 5.32 Å². The van der Waals surface area contributed by atoms with E-state index in [0.29, 0.717) is 10.7 Å². The average molecular weight is 360 g/mol. The molecule has 0 saturated heterocycles. The Kier molecular flexibility index (Phi) is 5.06. The molecule has 1 aromatic heterocycles. The van der Waals surface area contributed by atoms with E-state index in [1.54, 1.807) is 36.4 Å². The standard InChI is InChI=1S/C19H13ClN2O2.Na/c20-11-5-7-12(8-6-11)21-19(24)15-9-14-13-3-1-2-4-16(13)22-17(14)10-18(15)23;/h1-10,22-23H,(H,21,24);. The molecule has 0 saturated carbocycles. The third kappa shape index (κ3) is 3.39. The van der Waals surface area contributed by atoms with Crippen LogP contribution in [-0.2, 0) is 0 Å². The van der Waals surface area contributed by atoms with Gasteiger partial charge in [0.05, 0.1) is 11.1 Å². The second kappa shape index (κ2) is 7.10. The number of H-pyrrole nitrogens is 1. The van der Waals surface area contributed by atoms with E-state index in [-0.39, 0.29) is 46.8 Å². The number of nitrogens with one attached hydrogen (secondary N) is 2. The molecule has 3 N–H and O–H groups in total. The summed E-state index contributed by atoms with van der Waals surface area (Å²) in [5.41, 5.74) is 2.59. The van der Waals surface area contributed by atoms with Crippen molar-refractivity contribution in [3.8, 4) is 5.75 Å². The number of aromatic hydroxyl groups is 1. The Balaban J connectivity index is 0.00000182. The molecule has 25 heavy (non-hydrogen) atoms. The Morgan fingerprint density at radius 1 is 0.960 bits per heavy atom. The van der Waals surface area contributed by atoms with Crippen LogP contribution in [0.25, 0.3) is 21.8 Å². The van der Waals surface area contributed by atoms with Crippen LogP contribution in [0, 0.1) is 0 Å². The maximum atomic E-state index is 12.5. The zero-order valence-electron chi connectivity index (χ0n) is 13.5. The van der Waals surface area contributed by atoms with Crippen LogP contribution in [0.1, 0.15) is 10.4 Å². The van der Waals surface area contributed by atoms with E-state index in [2.05, 4.69) is 10.3 Å². The van der Waals surface area contributed by atoms with Crippen LogP contribution in [0.4, 0.5) is 5.69 Å². The van der Waals surface area contributed by atoms with E-state index >= 15 is 0 Å². The van der Waals surface area contributed by atoms with Crippen LogP contribution in [0.15, 0.2) is 60.7 Å². The van der Waals surface area contributed by atoms with Gasteiger partial charge in [-0.25, -0.2) is 0 Å². The molecule has 1 heterocycles. The number of amides is 1. The number of benzene rings is 3. The molecule has 4 nitrogen and oxygen atoms in total. The van der Waals surface area contributed by atoms with Gasteiger partial charge in [0, 0.05) is 62.6 Å². The van der Waals surface area contributed by atoms with Crippen molar-refractivity contribution < 1.29 is 9.90 Å². The van der Waals surface area contributed by atoms with E-state index in [1.807, 2.05) is 24.3 Å². The molecule has 6 heteroatoms. The summed E-state index contributed by atoms with van der Waals surface area (Å²) in [7, 11) is 0. The number of fused-ring (bicyclic) bond motifs is 3. The summed E-state index contributed by atoms with van der Waals surface area (Å²) in [5.74, 6) is -0.442. The zero-order chi connectivity index (χ0) is 16.7. The first kappa shape index (κ1) is 17.8. The first-order valence-electron chi connectivity index (χ1n) is 7.42. The molecular weight excluding hydrogens is 347 g/mol. The van der Waals surface area contributed by atoms with E-state index < -0.39 is 0 Å². The van der Waals surface area contributed by atoms with Gasteiger partial charge in [-0.2, -0.15) is 0 Å². The van der Waals surface area contributed by atoms with Crippen LogP contribution >= 0.6 is 11.6 Å². The molecule has 0 atom stereocenters. The van der Waals surface area contributed by atoms with Gasteiger partial charge < -0.3 is 15.4 Å². The summed E-state index contributed by atoms with van der Waals surface area (Å²) in [6, 6.07) is 17.9. The topological polar surface area (TPSA) is 65.1 Å². The number of anilines is 1. The average Bonchev–Trinajstić information content (AvgIpc) is 2.93. The summed E-state index contributed by atoms with van der Waals surface area (Å²) in [5, 5.41) is 15.5. The molecule has 1 amide bonds. The molecule has 0 unspecified atom stereocenters. The molecule has 0 aliphatic rings. The Labute approximate surface area is 171 Å². The van der Waals surface area contributed by atoms with Crippen molar-refractivity contribution in [2.45, 2.75) is 0 Å². The van der Waals surface area contributed by atoms with Crippen LogP contribution in [-0.4, -0.2) is 45.6 Å². The second-order valence-electron chi connectivity index (χ2n) is 5.55. The molecular formula is C19H13ClN2NaO2. The van der Waals surface area contributed by atoms with E-state index in [4.69, 9.17) is 11.6 Å². The van der Waals surface area contributed by atoms with Gasteiger partial charge in [0.1, 0.15) is 5.75 Å². The number of carbonyl (C=O) groups excluding carboxylic acids is 1. The normalized spacial score (nSPS) is 10.6. The van der Waals surface area contributed by atoms with E-state index in [0.717, 1.165) is 21.8 Å². The molecule has 0 spiro atoms. The van der Waals surface area contributed by atoms with Gasteiger partial charge in [-0.15, -0.1) is 0 Å². The van der Waals surface area contributed by atoms with Crippen molar-refractivity contribution in [1.82, 2.24) is 4.98 Å². The smallest absolute Gasteiger partial charge is 0.259 e. The van der Waals surface area contributed by atoms with Gasteiger partial charge in [-0.05, 0) is 36.4 Å². The molecule has 0 aliphatic carbocycles.